The number of rotatable bonds is 4. The largest absolute Gasteiger partial charge is 0.469 e. The second-order valence-electron chi connectivity index (χ2n) is 6.55. The normalized spacial score (nSPS) is 22.5. The molecule has 0 spiro atoms. The van der Waals surface area contributed by atoms with E-state index >= 15 is 0 Å². The number of anilines is 1. The summed E-state index contributed by atoms with van der Waals surface area (Å²) >= 11 is 1.90. The molecule has 1 fully saturated rings. The molecule has 0 saturated carbocycles. The van der Waals surface area contributed by atoms with Gasteiger partial charge in [0, 0.05) is 0 Å². The fraction of sp³-hybridized carbons (Fsp3) is 0.316. The van der Waals surface area contributed by atoms with Crippen LogP contribution < -0.4 is 9.77 Å². The van der Waals surface area contributed by atoms with Gasteiger partial charge >= 0.3 is 16.8 Å². The van der Waals surface area contributed by atoms with Crippen molar-refractivity contribution in [1.29, 1.82) is 0 Å². The number of hydrogen-bond acceptors (Lipinski definition) is 9. The summed E-state index contributed by atoms with van der Waals surface area (Å²) in [6, 6.07) is 5.90. The summed E-state index contributed by atoms with van der Waals surface area (Å²) in [6.45, 7) is 1.92. The minimum absolute atomic E-state index is 0.228. The van der Waals surface area contributed by atoms with Crippen molar-refractivity contribution in [2.24, 2.45) is 5.92 Å². The first-order valence-electron chi connectivity index (χ1n) is 8.99. The van der Waals surface area contributed by atoms with E-state index in [2.05, 4.69) is 4.98 Å². The number of carbonyl (C=O) groups is 4. The molecule has 11 heteroatoms. The minimum atomic E-state index is -1.04. The van der Waals surface area contributed by atoms with Crippen LogP contribution in [0.3, 0.4) is 0 Å². The summed E-state index contributed by atoms with van der Waals surface area (Å²) in [5.41, 5.74) is 0.576. The molecule has 1 saturated heterocycles. The summed E-state index contributed by atoms with van der Waals surface area (Å²) in [7, 11) is 1.20. The van der Waals surface area contributed by atoms with Gasteiger partial charge in [0.1, 0.15) is 11.2 Å². The SMILES string of the molecule is CCOC(=O)c1ccc(N2C(=O)C3Sc4[nH]c(=O)sc4C(C(=O)OC)C3C2=O)cc1. The lowest BCUT2D eigenvalue weighted by Gasteiger charge is -2.27. The molecular weight excluding hydrogens is 432 g/mol. The molecule has 0 radical (unpaired) electrons. The fourth-order valence-corrected chi connectivity index (χ4v) is 6.09. The summed E-state index contributed by atoms with van der Waals surface area (Å²) in [4.78, 5) is 66.1. The van der Waals surface area contributed by atoms with E-state index in [1.54, 1.807) is 6.92 Å². The van der Waals surface area contributed by atoms with Gasteiger partial charge in [-0.1, -0.05) is 23.1 Å². The van der Waals surface area contributed by atoms with Crippen molar-refractivity contribution >= 4 is 52.5 Å². The molecule has 3 atom stereocenters. The summed E-state index contributed by atoms with van der Waals surface area (Å²) in [5, 5.41) is -0.466. The summed E-state index contributed by atoms with van der Waals surface area (Å²) < 4.78 is 9.80. The molecular formula is C19H16N2O7S2. The van der Waals surface area contributed by atoms with E-state index in [0.29, 0.717) is 15.5 Å². The van der Waals surface area contributed by atoms with Crippen LogP contribution in [-0.4, -0.2) is 47.7 Å². The number of ether oxygens (including phenoxy) is 2. The molecule has 1 aromatic carbocycles. The maximum atomic E-state index is 13.2. The van der Waals surface area contributed by atoms with Crippen LogP contribution in [0.15, 0.2) is 34.1 Å². The Morgan fingerprint density at radius 2 is 1.83 bits per heavy atom. The molecule has 3 unspecified atom stereocenters. The Morgan fingerprint density at radius 3 is 2.47 bits per heavy atom. The first-order valence-corrected chi connectivity index (χ1v) is 10.7. The third kappa shape index (κ3) is 3.14. The van der Waals surface area contributed by atoms with Crippen LogP contribution in [0.4, 0.5) is 5.69 Å². The third-order valence-corrected chi connectivity index (χ3v) is 7.32. The number of nitrogens with one attached hydrogen (secondary N) is 1. The lowest BCUT2D eigenvalue weighted by molar-refractivity contribution is -0.145. The van der Waals surface area contributed by atoms with Crippen LogP contribution in [-0.2, 0) is 23.9 Å². The van der Waals surface area contributed by atoms with Gasteiger partial charge in [-0.3, -0.25) is 19.2 Å². The molecule has 2 aliphatic heterocycles. The lowest BCUT2D eigenvalue weighted by atomic mass is 9.89. The van der Waals surface area contributed by atoms with Crippen LogP contribution in [0.2, 0.25) is 0 Å². The Bertz CT molecular complexity index is 1100. The molecule has 3 heterocycles. The maximum Gasteiger partial charge on any atom is 0.338 e. The molecule has 1 N–H and O–H groups in total. The van der Waals surface area contributed by atoms with E-state index in [1.165, 1.54) is 31.4 Å². The average Bonchev–Trinajstić information content (AvgIpc) is 3.22. The number of carbonyl (C=O) groups excluding carboxylic acids is 4. The highest BCUT2D eigenvalue weighted by Crippen LogP contribution is 2.51. The monoisotopic (exact) mass is 448 g/mol. The van der Waals surface area contributed by atoms with E-state index < -0.39 is 40.8 Å². The van der Waals surface area contributed by atoms with Gasteiger partial charge < -0.3 is 14.5 Å². The van der Waals surface area contributed by atoms with Crippen molar-refractivity contribution < 1.29 is 28.7 Å². The fourth-order valence-electron chi connectivity index (χ4n) is 3.61. The zero-order valence-electron chi connectivity index (χ0n) is 15.9. The second-order valence-corrected chi connectivity index (χ2v) is 8.72. The predicted molar refractivity (Wildman–Crippen MR) is 108 cm³/mol. The zero-order chi connectivity index (χ0) is 21.6. The number of hydrogen-bond donors (Lipinski definition) is 1. The molecule has 2 aliphatic rings. The molecule has 1 aromatic heterocycles. The summed E-state index contributed by atoms with van der Waals surface area (Å²) in [6.07, 6.45) is 0. The average molecular weight is 448 g/mol. The standard InChI is InChI=1S/C19H16N2O7S2/c1-3-28-17(24)8-4-6-9(7-5-8)21-15(22)10-11(18(25)27-2)12-14(20-19(26)30-12)29-13(10)16(21)23/h4-7,10-11,13H,3H2,1-2H3,(H,20,26). The van der Waals surface area contributed by atoms with Gasteiger partial charge in [-0.05, 0) is 31.2 Å². The number of thiazole rings is 1. The number of benzene rings is 1. The molecule has 0 aliphatic carbocycles. The number of amides is 2. The topological polar surface area (TPSA) is 123 Å². The predicted octanol–water partition coefficient (Wildman–Crippen LogP) is 1.53. The van der Waals surface area contributed by atoms with Crippen LogP contribution >= 0.6 is 23.1 Å². The Balaban J connectivity index is 1.70. The first-order chi connectivity index (χ1) is 14.4. The van der Waals surface area contributed by atoms with E-state index in [1.807, 2.05) is 0 Å². The van der Waals surface area contributed by atoms with E-state index in [-0.39, 0.29) is 17.2 Å². The highest BCUT2D eigenvalue weighted by molar-refractivity contribution is 8.00. The number of H-pyrrole nitrogens is 1. The smallest absolute Gasteiger partial charge is 0.338 e. The number of imide groups is 1. The van der Waals surface area contributed by atoms with Crippen LogP contribution in [0.1, 0.15) is 28.1 Å². The lowest BCUT2D eigenvalue weighted by Crippen LogP contribution is -2.35. The van der Waals surface area contributed by atoms with Gasteiger partial charge in [0.15, 0.2) is 0 Å². The Kier molecular flexibility index (Phi) is 5.24. The number of thioether (sulfide) groups is 1. The molecule has 30 heavy (non-hydrogen) atoms. The van der Waals surface area contributed by atoms with E-state index in [4.69, 9.17) is 9.47 Å². The van der Waals surface area contributed by atoms with Crippen LogP contribution in [0.5, 0.6) is 0 Å². The molecule has 0 bridgehead atoms. The van der Waals surface area contributed by atoms with Crippen molar-refractivity contribution in [2.75, 3.05) is 18.6 Å². The van der Waals surface area contributed by atoms with Crippen molar-refractivity contribution in [2.45, 2.75) is 23.1 Å². The van der Waals surface area contributed by atoms with Gasteiger partial charge in [0.2, 0.25) is 11.8 Å². The number of methoxy groups -OCH3 is 1. The second kappa shape index (κ2) is 7.73. The number of aromatic nitrogens is 1. The van der Waals surface area contributed by atoms with Gasteiger partial charge in [0.25, 0.3) is 0 Å². The number of fused-ring (bicyclic) bond motifs is 2. The van der Waals surface area contributed by atoms with Crippen LogP contribution in [0.25, 0.3) is 0 Å². The number of esters is 2. The van der Waals surface area contributed by atoms with Gasteiger partial charge in [-0.2, -0.15) is 0 Å². The molecule has 9 nitrogen and oxygen atoms in total. The summed E-state index contributed by atoms with van der Waals surface area (Å²) in [5.74, 6) is -4.26. The van der Waals surface area contributed by atoms with Crippen LogP contribution in [0, 0.1) is 5.92 Å². The highest BCUT2D eigenvalue weighted by Gasteiger charge is 2.58. The van der Waals surface area contributed by atoms with Crippen molar-refractivity contribution in [3.8, 4) is 0 Å². The third-order valence-electron chi connectivity index (χ3n) is 4.92. The van der Waals surface area contributed by atoms with Crippen molar-refractivity contribution in [1.82, 2.24) is 4.98 Å². The number of nitrogens with zero attached hydrogens (tertiary/aromatic N) is 1. The molecule has 2 aromatic rings. The van der Waals surface area contributed by atoms with Gasteiger partial charge in [-0.25, -0.2) is 9.69 Å². The minimum Gasteiger partial charge on any atom is -0.469 e. The maximum absolute atomic E-state index is 13.2. The molecule has 156 valence electrons. The van der Waals surface area contributed by atoms with Crippen molar-refractivity contribution in [3.63, 3.8) is 0 Å². The Labute approximate surface area is 178 Å². The molecule has 2 amide bonds. The van der Waals surface area contributed by atoms with Crippen molar-refractivity contribution in [3.05, 3.63) is 44.4 Å². The number of aromatic amines is 1. The van der Waals surface area contributed by atoms with E-state index in [0.717, 1.165) is 28.0 Å². The molecule has 4 rings (SSSR count). The first kappa shape index (κ1) is 20.4. The van der Waals surface area contributed by atoms with E-state index in [9.17, 15) is 24.0 Å². The quantitative estimate of drug-likeness (QED) is 0.552. The zero-order valence-corrected chi connectivity index (χ0v) is 17.5. The van der Waals surface area contributed by atoms with Gasteiger partial charge in [0.05, 0.1) is 40.8 Å². The Hall–Kier alpha value is -2.92. The highest BCUT2D eigenvalue weighted by atomic mass is 32.2. The Morgan fingerprint density at radius 1 is 1.13 bits per heavy atom. The van der Waals surface area contributed by atoms with Gasteiger partial charge in [-0.15, -0.1) is 0 Å².